The molecule has 0 unspecified atom stereocenters. The Bertz CT molecular complexity index is 372. The Balaban J connectivity index is 1.52. The van der Waals surface area contributed by atoms with Crippen LogP contribution in [0, 0.1) is 23.7 Å². The minimum atomic E-state index is 0.800. The Kier molecular flexibility index (Phi) is 11.8. The van der Waals surface area contributed by atoms with Gasteiger partial charge in [0.25, 0.3) is 0 Å². The highest BCUT2D eigenvalue weighted by Crippen LogP contribution is 2.38. The van der Waals surface area contributed by atoms with Crippen LogP contribution in [0.25, 0.3) is 0 Å². The average Bonchev–Trinajstić information content (AvgIpc) is 2.71. The van der Waals surface area contributed by atoms with Gasteiger partial charge in [0, 0.05) is 6.54 Å². The maximum absolute atomic E-state index is 4.39. The lowest BCUT2D eigenvalue weighted by atomic mass is 9.74. The van der Waals surface area contributed by atoms with Gasteiger partial charge in [0.2, 0.25) is 0 Å². The number of hydrogen-bond acceptors (Lipinski definition) is 1. The van der Waals surface area contributed by atoms with E-state index in [4.69, 9.17) is 0 Å². The van der Waals surface area contributed by atoms with Crippen LogP contribution in [0.5, 0.6) is 0 Å². The molecule has 27 heavy (non-hydrogen) atoms. The van der Waals surface area contributed by atoms with Gasteiger partial charge in [0.1, 0.15) is 0 Å². The molecule has 0 radical (unpaired) electrons. The van der Waals surface area contributed by atoms with E-state index in [0.29, 0.717) is 0 Å². The molecule has 2 aliphatic carbocycles. The third-order valence-corrected chi connectivity index (χ3v) is 7.65. The van der Waals surface area contributed by atoms with Crippen LogP contribution in [-0.4, -0.2) is 13.1 Å². The fourth-order valence-electron chi connectivity index (χ4n) is 5.52. The number of nitrogens with one attached hydrogen (secondary N) is 1. The van der Waals surface area contributed by atoms with Gasteiger partial charge in [0.05, 0.1) is 0 Å². The van der Waals surface area contributed by atoms with Crippen LogP contribution in [0.15, 0.2) is 12.2 Å². The monoisotopic (exact) mass is 375 g/mol. The largest absolute Gasteiger partial charge is 0.313 e. The van der Waals surface area contributed by atoms with E-state index >= 15 is 0 Å². The van der Waals surface area contributed by atoms with Crippen LogP contribution in [0.1, 0.15) is 117 Å². The van der Waals surface area contributed by atoms with Crippen LogP contribution in [0.4, 0.5) is 0 Å². The summed E-state index contributed by atoms with van der Waals surface area (Å²) in [4.78, 5) is 0. The molecule has 0 aliphatic heterocycles. The lowest BCUT2D eigenvalue weighted by Crippen LogP contribution is -2.24. The van der Waals surface area contributed by atoms with Crippen molar-refractivity contribution in [3.63, 3.8) is 0 Å². The van der Waals surface area contributed by atoms with E-state index in [1.165, 1.54) is 108 Å². The highest BCUT2D eigenvalue weighted by Gasteiger charge is 2.25. The Morgan fingerprint density at radius 2 is 1.22 bits per heavy atom. The maximum atomic E-state index is 4.39. The molecule has 0 atom stereocenters. The van der Waals surface area contributed by atoms with Crippen molar-refractivity contribution >= 4 is 0 Å². The normalized spacial score (nSPS) is 29.0. The van der Waals surface area contributed by atoms with E-state index in [9.17, 15) is 0 Å². The molecule has 0 saturated heterocycles. The quantitative estimate of drug-likeness (QED) is 0.255. The molecule has 1 N–H and O–H groups in total. The van der Waals surface area contributed by atoms with E-state index in [1.807, 2.05) is 0 Å². The fraction of sp³-hybridized carbons (Fsp3) is 0.923. The van der Waals surface area contributed by atoms with Crippen LogP contribution < -0.4 is 5.32 Å². The molecule has 2 fully saturated rings. The molecule has 2 aliphatic rings. The first-order valence-electron chi connectivity index (χ1n) is 12.6. The van der Waals surface area contributed by atoms with Crippen molar-refractivity contribution in [3.8, 4) is 0 Å². The van der Waals surface area contributed by atoms with Crippen LogP contribution in [0.2, 0.25) is 0 Å². The second kappa shape index (κ2) is 13.8. The van der Waals surface area contributed by atoms with Gasteiger partial charge in [-0.15, -0.1) is 0 Å². The Hall–Kier alpha value is -0.300. The van der Waals surface area contributed by atoms with Gasteiger partial charge in [-0.25, -0.2) is 0 Å². The van der Waals surface area contributed by atoms with E-state index in [-0.39, 0.29) is 0 Å². The summed E-state index contributed by atoms with van der Waals surface area (Å²) < 4.78 is 0. The smallest absolute Gasteiger partial charge is 0.0164 e. The molecule has 2 rings (SSSR count). The van der Waals surface area contributed by atoms with Crippen LogP contribution >= 0.6 is 0 Å². The molecule has 1 heteroatoms. The van der Waals surface area contributed by atoms with E-state index in [1.54, 1.807) is 0 Å². The second-order valence-electron chi connectivity index (χ2n) is 9.87. The molecule has 0 heterocycles. The topological polar surface area (TPSA) is 12.0 Å². The zero-order valence-corrected chi connectivity index (χ0v) is 18.7. The second-order valence-corrected chi connectivity index (χ2v) is 9.87. The Labute approximate surface area is 171 Å². The highest BCUT2D eigenvalue weighted by atomic mass is 14.8. The molecular formula is C26H49N. The summed E-state index contributed by atoms with van der Waals surface area (Å²) in [6.07, 6.45) is 23.3. The Morgan fingerprint density at radius 1 is 0.704 bits per heavy atom. The van der Waals surface area contributed by atoms with Crippen molar-refractivity contribution in [3.05, 3.63) is 12.2 Å². The first-order valence-corrected chi connectivity index (χ1v) is 12.6. The van der Waals surface area contributed by atoms with Gasteiger partial charge in [-0.1, -0.05) is 96.6 Å². The van der Waals surface area contributed by atoms with E-state index in [2.05, 4.69) is 25.7 Å². The first kappa shape index (κ1) is 23.0. The zero-order chi connectivity index (χ0) is 19.3. The summed E-state index contributed by atoms with van der Waals surface area (Å²) >= 11 is 0. The zero-order valence-electron chi connectivity index (χ0n) is 18.7. The number of rotatable bonds is 13. The Morgan fingerprint density at radius 3 is 1.78 bits per heavy atom. The maximum Gasteiger partial charge on any atom is 0.0164 e. The van der Waals surface area contributed by atoms with Crippen molar-refractivity contribution < 1.29 is 0 Å². The summed E-state index contributed by atoms with van der Waals surface area (Å²) in [7, 11) is 0. The molecule has 158 valence electrons. The van der Waals surface area contributed by atoms with Crippen molar-refractivity contribution in [2.75, 3.05) is 13.1 Å². The van der Waals surface area contributed by atoms with Crippen molar-refractivity contribution in [1.82, 2.24) is 5.32 Å². The summed E-state index contributed by atoms with van der Waals surface area (Å²) in [5.41, 5.74) is 1.48. The summed E-state index contributed by atoms with van der Waals surface area (Å²) in [6.45, 7) is 11.2. The first-order chi connectivity index (χ1) is 13.2. The predicted octanol–water partition coefficient (Wildman–Crippen LogP) is 7.91. The standard InChI is InChI=1S/C26H49N/c1-4-6-8-9-23-10-12-24(13-11-23)14-15-25-16-18-26(19-17-25)22(3)21-27-20-7-5-2/h23-27H,3-21H2,1-2H3. The van der Waals surface area contributed by atoms with Gasteiger partial charge >= 0.3 is 0 Å². The highest BCUT2D eigenvalue weighted by molar-refractivity contribution is 5.04. The molecular weight excluding hydrogens is 326 g/mol. The summed E-state index contributed by atoms with van der Waals surface area (Å²) in [6, 6.07) is 0. The molecule has 2 saturated carbocycles. The van der Waals surface area contributed by atoms with Crippen LogP contribution in [0.3, 0.4) is 0 Å². The number of unbranched alkanes of at least 4 members (excludes halogenated alkanes) is 3. The molecule has 0 amide bonds. The summed E-state index contributed by atoms with van der Waals surface area (Å²) in [5.74, 6) is 3.95. The van der Waals surface area contributed by atoms with E-state index < -0.39 is 0 Å². The van der Waals surface area contributed by atoms with Gasteiger partial charge in [-0.05, 0) is 62.3 Å². The minimum Gasteiger partial charge on any atom is -0.313 e. The number of hydrogen-bond donors (Lipinski definition) is 1. The molecule has 0 spiro atoms. The molecule has 0 bridgehead atoms. The van der Waals surface area contributed by atoms with Gasteiger partial charge in [-0.3, -0.25) is 0 Å². The molecule has 0 aromatic heterocycles. The molecule has 0 aromatic rings. The van der Waals surface area contributed by atoms with Gasteiger partial charge in [0.15, 0.2) is 0 Å². The van der Waals surface area contributed by atoms with Crippen molar-refractivity contribution in [2.45, 2.75) is 117 Å². The molecule has 0 aromatic carbocycles. The molecule has 1 nitrogen and oxygen atoms in total. The minimum absolute atomic E-state index is 0.800. The third kappa shape index (κ3) is 9.16. The lowest BCUT2D eigenvalue weighted by molar-refractivity contribution is 0.217. The SMILES string of the molecule is C=C(CNCCCC)C1CCC(CCC2CCC(CCCCC)CC2)CC1. The van der Waals surface area contributed by atoms with Gasteiger partial charge in [-0.2, -0.15) is 0 Å². The predicted molar refractivity (Wildman–Crippen MR) is 121 cm³/mol. The summed E-state index contributed by atoms with van der Waals surface area (Å²) in [5, 5.41) is 3.58. The third-order valence-electron chi connectivity index (χ3n) is 7.65. The lowest BCUT2D eigenvalue weighted by Gasteiger charge is -2.32. The fourth-order valence-corrected chi connectivity index (χ4v) is 5.52. The van der Waals surface area contributed by atoms with Gasteiger partial charge < -0.3 is 5.32 Å². The van der Waals surface area contributed by atoms with Crippen LogP contribution in [-0.2, 0) is 0 Å². The average molecular weight is 376 g/mol. The van der Waals surface area contributed by atoms with Crippen molar-refractivity contribution in [2.24, 2.45) is 23.7 Å². The van der Waals surface area contributed by atoms with E-state index in [0.717, 1.165) is 36.8 Å². The van der Waals surface area contributed by atoms with Crippen molar-refractivity contribution in [1.29, 1.82) is 0 Å².